The molecule has 0 atom stereocenters. The Morgan fingerprint density at radius 2 is 1.04 bits per heavy atom. The molecule has 0 aliphatic carbocycles. The number of aromatic hydroxyl groups is 3. The first kappa shape index (κ1) is 17.5. The second kappa shape index (κ2) is 7.26. The smallest absolute Gasteiger partial charge is 0.122 e. The van der Waals surface area contributed by atoms with Crippen LogP contribution in [-0.2, 0) is 12.8 Å². The van der Waals surface area contributed by atoms with Crippen molar-refractivity contribution >= 4 is 23.2 Å². The Kier molecular flexibility index (Phi) is 5.07. The zero-order valence-electron chi connectivity index (χ0n) is 13.2. The van der Waals surface area contributed by atoms with Gasteiger partial charge < -0.3 is 15.3 Å². The number of rotatable bonds is 4. The van der Waals surface area contributed by atoms with Crippen LogP contribution >= 0.6 is 23.2 Å². The van der Waals surface area contributed by atoms with Gasteiger partial charge in [-0.2, -0.15) is 0 Å². The highest BCUT2D eigenvalue weighted by atomic mass is 35.5. The Morgan fingerprint density at radius 3 is 1.48 bits per heavy atom. The van der Waals surface area contributed by atoms with E-state index in [0.717, 1.165) is 0 Å². The molecule has 3 nitrogen and oxygen atoms in total. The van der Waals surface area contributed by atoms with Crippen LogP contribution in [0, 0.1) is 0 Å². The zero-order valence-corrected chi connectivity index (χ0v) is 14.7. The zero-order chi connectivity index (χ0) is 18.0. The number of hydrogen-bond acceptors (Lipinski definition) is 3. The highest BCUT2D eigenvalue weighted by Crippen LogP contribution is 2.32. The molecular weight excluding hydrogens is 359 g/mol. The van der Waals surface area contributed by atoms with Gasteiger partial charge in [0.2, 0.25) is 0 Å². The van der Waals surface area contributed by atoms with Crippen molar-refractivity contribution in [2.75, 3.05) is 0 Å². The van der Waals surface area contributed by atoms with Gasteiger partial charge in [0.05, 0.1) is 0 Å². The molecule has 128 valence electrons. The van der Waals surface area contributed by atoms with E-state index in [1.54, 1.807) is 36.4 Å². The lowest BCUT2D eigenvalue weighted by molar-refractivity contribution is 0.457. The lowest BCUT2D eigenvalue weighted by Gasteiger charge is -2.12. The highest BCUT2D eigenvalue weighted by molar-refractivity contribution is 6.31. The lowest BCUT2D eigenvalue weighted by atomic mass is 9.97. The molecule has 0 saturated heterocycles. The van der Waals surface area contributed by atoms with Gasteiger partial charge in [-0.25, -0.2) is 0 Å². The van der Waals surface area contributed by atoms with Crippen LogP contribution in [0.3, 0.4) is 0 Å². The fourth-order valence-electron chi connectivity index (χ4n) is 2.73. The first-order chi connectivity index (χ1) is 11.9. The molecule has 3 aromatic carbocycles. The number of benzene rings is 3. The Balaban J connectivity index is 1.92. The predicted octanol–water partition coefficient (Wildman–Crippen LogP) is 5.29. The molecule has 3 rings (SSSR count). The number of hydrogen-bond donors (Lipinski definition) is 3. The van der Waals surface area contributed by atoms with E-state index in [1.807, 2.05) is 6.07 Å². The molecule has 3 aromatic rings. The minimum Gasteiger partial charge on any atom is -0.508 e. The Morgan fingerprint density at radius 1 is 0.600 bits per heavy atom. The summed E-state index contributed by atoms with van der Waals surface area (Å²) in [6.07, 6.45) is 0.682. The molecule has 3 N–H and O–H groups in total. The molecule has 0 heterocycles. The van der Waals surface area contributed by atoms with Crippen molar-refractivity contribution < 1.29 is 15.3 Å². The fourth-order valence-corrected chi connectivity index (χ4v) is 3.12. The summed E-state index contributed by atoms with van der Waals surface area (Å²) < 4.78 is 0. The fraction of sp³-hybridized carbons (Fsp3) is 0.100. The van der Waals surface area contributed by atoms with E-state index in [-0.39, 0.29) is 17.2 Å². The topological polar surface area (TPSA) is 60.7 Å². The molecule has 25 heavy (non-hydrogen) atoms. The normalized spacial score (nSPS) is 10.8. The van der Waals surface area contributed by atoms with Gasteiger partial charge >= 0.3 is 0 Å². The minimum atomic E-state index is 0.126. The van der Waals surface area contributed by atoms with Crippen molar-refractivity contribution in [2.45, 2.75) is 12.8 Å². The molecule has 0 aliphatic rings. The Labute approximate surface area is 155 Å². The summed E-state index contributed by atoms with van der Waals surface area (Å²) in [7, 11) is 0. The molecule has 0 aromatic heterocycles. The standard InChI is InChI=1S/C20H16Cl2O3/c21-16-4-6-18(23)14(10-16)8-12-2-1-3-13(20(12)25)9-15-11-17(22)5-7-19(15)24/h1-7,10-11,23-25H,8-9H2. The maximum Gasteiger partial charge on any atom is 0.122 e. The SMILES string of the molecule is Oc1ccc(Cl)cc1Cc1cccc(Cc2cc(Cl)ccc2O)c1O. The van der Waals surface area contributed by atoms with E-state index < -0.39 is 0 Å². The van der Waals surface area contributed by atoms with Crippen LogP contribution in [0.25, 0.3) is 0 Å². The molecule has 5 heteroatoms. The summed E-state index contributed by atoms with van der Waals surface area (Å²) in [4.78, 5) is 0. The van der Waals surface area contributed by atoms with Gasteiger partial charge in [-0.05, 0) is 58.7 Å². The summed E-state index contributed by atoms with van der Waals surface area (Å²) in [5.74, 6) is 0.379. The second-order valence-corrected chi connectivity index (χ2v) is 6.70. The van der Waals surface area contributed by atoms with Crippen LogP contribution in [0.5, 0.6) is 17.2 Å². The van der Waals surface area contributed by atoms with E-state index in [2.05, 4.69) is 0 Å². The molecule has 0 unspecified atom stereocenters. The van der Waals surface area contributed by atoms with Crippen LogP contribution in [0.15, 0.2) is 54.6 Å². The van der Waals surface area contributed by atoms with Gasteiger partial charge in [0.25, 0.3) is 0 Å². The Hall–Kier alpha value is -2.36. The number of phenols is 3. The quantitative estimate of drug-likeness (QED) is 0.581. The van der Waals surface area contributed by atoms with Gasteiger partial charge in [-0.3, -0.25) is 0 Å². The molecule has 0 spiro atoms. The first-order valence-electron chi connectivity index (χ1n) is 7.68. The Bertz CT molecular complexity index is 851. The van der Waals surface area contributed by atoms with Crippen LogP contribution in [0.4, 0.5) is 0 Å². The van der Waals surface area contributed by atoms with Crippen molar-refractivity contribution in [3.63, 3.8) is 0 Å². The number of halogens is 2. The van der Waals surface area contributed by atoms with Crippen molar-refractivity contribution in [3.8, 4) is 17.2 Å². The van der Waals surface area contributed by atoms with E-state index in [1.165, 1.54) is 12.1 Å². The minimum absolute atomic E-state index is 0.126. The molecule has 0 radical (unpaired) electrons. The van der Waals surface area contributed by atoms with Gasteiger partial charge in [-0.1, -0.05) is 41.4 Å². The summed E-state index contributed by atoms with van der Waals surface area (Å²) >= 11 is 12.0. The third kappa shape index (κ3) is 4.01. The third-order valence-corrected chi connectivity index (χ3v) is 4.52. The predicted molar refractivity (Wildman–Crippen MR) is 100.0 cm³/mol. The molecule has 0 aliphatic heterocycles. The van der Waals surface area contributed by atoms with Crippen molar-refractivity contribution in [1.82, 2.24) is 0 Å². The average Bonchev–Trinajstić information content (AvgIpc) is 2.58. The summed E-state index contributed by atoms with van der Waals surface area (Å²) in [5.41, 5.74) is 2.59. The van der Waals surface area contributed by atoms with Crippen molar-refractivity contribution in [2.24, 2.45) is 0 Å². The monoisotopic (exact) mass is 374 g/mol. The molecular formula is C20H16Cl2O3. The molecule has 0 bridgehead atoms. The van der Waals surface area contributed by atoms with Crippen LogP contribution in [0.1, 0.15) is 22.3 Å². The highest BCUT2D eigenvalue weighted by Gasteiger charge is 2.12. The molecule has 0 fully saturated rings. The maximum atomic E-state index is 10.6. The van der Waals surface area contributed by atoms with Crippen LogP contribution in [-0.4, -0.2) is 15.3 Å². The van der Waals surface area contributed by atoms with Gasteiger partial charge in [0.1, 0.15) is 17.2 Å². The molecule has 0 amide bonds. The summed E-state index contributed by atoms with van der Waals surface area (Å²) in [6, 6.07) is 15.0. The van der Waals surface area contributed by atoms with E-state index in [9.17, 15) is 15.3 Å². The van der Waals surface area contributed by atoms with E-state index in [0.29, 0.717) is 45.1 Å². The van der Waals surface area contributed by atoms with Crippen LogP contribution < -0.4 is 0 Å². The molecule has 0 saturated carbocycles. The largest absolute Gasteiger partial charge is 0.508 e. The summed E-state index contributed by atoms with van der Waals surface area (Å²) in [5, 5.41) is 31.6. The first-order valence-corrected chi connectivity index (χ1v) is 8.44. The van der Waals surface area contributed by atoms with Gasteiger partial charge in [0.15, 0.2) is 0 Å². The third-order valence-electron chi connectivity index (χ3n) is 4.05. The van der Waals surface area contributed by atoms with E-state index >= 15 is 0 Å². The van der Waals surface area contributed by atoms with Crippen molar-refractivity contribution in [1.29, 1.82) is 0 Å². The number of phenolic OH excluding ortho intramolecular Hbond substituents is 3. The van der Waals surface area contributed by atoms with E-state index in [4.69, 9.17) is 23.2 Å². The lowest BCUT2D eigenvalue weighted by Crippen LogP contribution is -1.95. The van der Waals surface area contributed by atoms with Crippen molar-refractivity contribution in [3.05, 3.63) is 86.9 Å². The second-order valence-electron chi connectivity index (χ2n) is 5.82. The van der Waals surface area contributed by atoms with Gasteiger partial charge in [-0.15, -0.1) is 0 Å². The van der Waals surface area contributed by atoms with Gasteiger partial charge in [0, 0.05) is 22.9 Å². The summed E-state index contributed by atoms with van der Waals surface area (Å²) in [6.45, 7) is 0. The maximum absolute atomic E-state index is 10.6. The van der Waals surface area contributed by atoms with Crippen LogP contribution in [0.2, 0.25) is 10.0 Å². The number of para-hydroxylation sites is 1. The average molecular weight is 375 g/mol.